The summed E-state index contributed by atoms with van der Waals surface area (Å²) in [7, 11) is -3.15. The zero-order valence-corrected chi connectivity index (χ0v) is 15.9. The van der Waals surface area contributed by atoms with Crippen LogP contribution in [-0.2, 0) is 21.1 Å². The summed E-state index contributed by atoms with van der Waals surface area (Å²) >= 11 is 1.28. The maximum atomic E-state index is 13.7. The third-order valence-electron chi connectivity index (χ3n) is 4.57. The quantitative estimate of drug-likeness (QED) is 0.787. The minimum atomic E-state index is -3.15. The summed E-state index contributed by atoms with van der Waals surface area (Å²) in [4.78, 5) is 18.4. The average Bonchev–Trinajstić information content (AvgIpc) is 3.06. The van der Waals surface area contributed by atoms with E-state index in [4.69, 9.17) is 0 Å². The van der Waals surface area contributed by atoms with Gasteiger partial charge < -0.3 is 4.90 Å². The van der Waals surface area contributed by atoms with Crippen LogP contribution in [0.5, 0.6) is 0 Å². The molecule has 0 bridgehead atoms. The van der Waals surface area contributed by atoms with Crippen LogP contribution in [0.3, 0.4) is 0 Å². The molecule has 27 heavy (non-hydrogen) atoms. The average molecular weight is 404 g/mol. The Morgan fingerprint density at radius 3 is 2.67 bits per heavy atom. The Hall–Kier alpha value is -2.19. The highest BCUT2D eigenvalue weighted by Gasteiger charge is 2.49. The number of hydrogen-bond donors (Lipinski definition) is 0. The molecular weight excluding hydrogens is 387 g/mol. The number of carbonyl (C=O) groups excluding carboxylic acids is 1. The fourth-order valence-corrected chi connectivity index (χ4v) is 7.34. The van der Waals surface area contributed by atoms with Gasteiger partial charge in [-0.05, 0) is 23.8 Å². The maximum Gasteiger partial charge on any atom is 0.252 e. The SMILES string of the molecule is O=C(Cc1ccccc1)N=C1S[C@H]2CS(=O)(=O)C[C@@H]2N1c1cccc(F)c1. The van der Waals surface area contributed by atoms with Crippen LogP contribution < -0.4 is 4.90 Å². The van der Waals surface area contributed by atoms with Gasteiger partial charge in [0.25, 0.3) is 5.91 Å². The van der Waals surface area contributed by atoms with Gasteiger partial charge in [0, 0.05) is 10.9 Å². The van der Waals surface area contributed by atoms with Crippen molar-refractivity contribution in [3.05, 3.63) is 66.0 Å². The number of sulfone groups is 1. The molecule has 0 radical (unpaired) electrons. The zero-order valence-electron chi connectivity index (χ0n) is 14.3. The van der Waals surface area contributed by atoms with E-state index in [1.165, 1.54) is 23.9 Å². The summed E-state index contributed by atoms with van der Waals surface area (Å²) < 4.78 is 37.8. The lowest BCUT2D eigenvalue weighted by Gasteiger charge is -2.24. The first kappa shape index (κ1) is 18.2. The first-order valence-corrected chi connectivity index (χ1v) is 11.2. The van der Waals surface area contributed by atoms with Crippen molar-refractivity contribution in [1.82, 2.24) is 0 Å². The van der Waals surface area contributed by atoms with E-state index in [2.05, 4.69) is 4.99 Å². The van der Waals surface area contributed by atoms with Gasteiger partial charge in [-0.25, -0.2) is 12.8 Å². The summed E-state index contributed by atoms with van der Waals surface area (Å²) in [6.45, 7) is 0. The molecule has 2 saturated heterocycles. The van der Waals surface area contributed by atoms with Gasteiger partial charge in [-0.2, -0.15) is 4.99 Å². The second-order valence-corrected chi connectivity index (χ2v) is 9.96. The predicted molar refractivity (Wildman–Crippen MR) is 105 cm³/mol. The van der Waals surface area contributed by atoms with E-state index in [0.717, 1.165) is 5.56 Å². The number of rotatable bonds is 3. The number of aliphatic imine (C=N–C) groups is 1. The molecule has 2 heterocycles. The van der Waals surface area contributed by atoms with Crippen molar-refractivity contribution in [3.8, 4) is 0 Å². The van der Waals surface area contributed by atoms with E-state index in [-0.39, 0.29) is 35.1 Å². The van der Waals surface area contributed by atoms with Crippen LogP contribution >= 0.6 is 11.8 Å². The summed E-state index contributed by atoms with van der Waals surface area (Å²) in [6, 6.07) is 14.9. The minimum Gasteiger partial charge on any atom is -0.315 e. The molecule has 140 valence electrons. The number of amides is 1. The molecule has 2 atom stereocenters. The van der Waals surface area contributed by atoms with E-state index in [0.29, 0.717) is 10.9 Å². The lowest BCUT2D eigenvalue weighted by molar-refractivity contribution is -0.117. The molecule has 2 aliphatic heterocycles. The second kappa shape index (κ2) is 7.09. The number of hydrogen-bond acceptors (Lipinski definition) is 4. The lowest BCUT2D eigenvalue weighted by atomic mass is 10.1. The van der Waals surface area contributed by atoms with Gasteiger partial charge in [0.05, 0.1) is 24.0 Å². The fourth-order valence-electron chi connectivity index (χ4n) is 3.41. The molecule has 2 fully saturated rings. The van der Waals surface area contributed by atoms with E-state index in [1.54, 1.807) is 17.0 Å². The molecule has 0 saturated carbocycles. The molecule has 8 heteroatoms. The first-order chi connectivity index (χ1) is 12.9. The standard InChI is InChI=1S/C19H17FN2O3S2/c20-14-7-4-8-15(10-14)22-16-11-27(24,25)12-17(16)26-19(22)21-18(23)9-13-5-2-1-3-6-13/h1-8,10,16-17H,9,11-12H2/t16-,17-/m0/s1. The number of halogens is 1. The Balaban J connectivity index is 1.65. The normalized spacial score (nSPS) is 24.9. The van der Waals surface area contributed by atoms with Crippen molar-refractivity contribution < 1.29 is 17.6 Å². The molecule has 0 spiro atoms. The number of anilines is 1. The Bertz CT molecular complexity index is 1010. The highest BCUT2D eigenvalue weighted by Crippen LogP contribution is 2.41. The largest absolute Gasteiger partial charge is 0.315 e. The summed E-state index contributed by atoms with van der Waals surface area (Å²) in [6.07, 6.45) is 0.162. The van der Waals surface area contributed by atoms with Crippen LogP contribution in [0, 0.1) is 5.82 Å². The van der Waals surface area contributed by atoms with Crippen molar-refractivity contribution in [1.29, 1.82) is 0 Å². The van der Waals surface area contributed by atoms with Gasteiger partial charge in [-0.15, -0.1) is 0 Å². The number of amidine groups is 1. The number of thioether (sulfide) groups is 1. The second-order valence-electron chi connectivity index (χ2n) is 6.60. The molecule has 0 aromatic heterocycles. The van der Waals surface area contributed by atoms with Crippen molar-refractivity contribution in [2.75, 3.05) is 16.4 Å². The van der Waals surface area contributed by atoms with Gasteiger partial charge >= 0.3 is 0 Å². The van der Waals surface area contributed by atoms with E-state index >= 15 is 0 Å². The van der Waals surface area contributed by atoms with Crippen molar-refractivity contribution >= 4 is 38.4 Å². The highest BCUT2D eigenvalue weighted by molar-refractivity contribution is 8.16. The first-order valence-electron chi connectivity index (χ1n) is 8.49. The minimum absolute atomic E-state index is 0.0208. The van der Waals surface area contributed by atoms with Crippen LogP contribution in [-0.4, -0.2) is 42.3 Å². The van der Waals surface area contributed by atoms with Crippen LogP contribution in [0.15, 0.2) is 59.6 Å². The molecule has 2 aromatic carbocycles. The molecule has 4 rings (SSSR count). The molecule has 0 unspecified atom stereocenters. The predicted octanol–water partition coefficient (Wildman–Crippen LogP) is 2.67. The van der Waals surface area contributed by atoms with E-state index in [1.807, 2.05) is 30.3 Å². The van der Waals surface area contributed by atoms with Crippen LogP contribution in [0.25, 0.3) is 0 Å². The number of fused-ring (bicyclic) bond motifs is 1. The monoisotopic (exact) mass is 404 g/mol. The van der Waals surface area contributed by atoms with Gasteiger partial charge in [0.15, 0.2) is 15.0 Å². The summed E-state index contributed by atoms with van der Waals surface area (Å²) in [5, 5.41) is 0.230. The van der Waals surface area contributed by atoms with Crippen LogP contribution in [0.2, 0.25) is 0 Å². The van der Waals surface area contributed by atoms with Gasteiger partial charge in [0.2, 0.25) is 0 Å². The van der Waals surface area contributed by atoms with Gasteiger partial charge in [-0.1, -0.05) is 48.2 Å². The Labute approximate surface area is 161 Å². The number of carbonyl (C=O) groups is 1. The van der Waals surface area contributed by atoms with Crippen LogP contribution in [0.4, 0.5) is 10.1 Å². The van der Waals surface area contributed by atoms with Crippen molar-refractivity contribution in [3.63, 3.8) is 0 Å². The van der Waals surface area contributed by atoms with Gasteiger partial charge in [-0.3, -0.25) is 4.79 Å². The third-order valence-corrected chi connectivity index (χ3v) is 7.78. The molecule has 0 aliphatic carbocycles. The fraction of sp³-hybridized carbons (Fsp3) is 0.263. The smallest absolute Gasteiger partial charge is 0.252 e. The van der Waals surface area contributed by atoms with Crippen LogP contribution in [0.1, 0.15) is 5.56 Å². The van der Waals surface area contributed by atoms with E-state index < -0.39 is 15.7 Å². The topological polar surface area (TPSA) is 66.8 Å². The number of nitrogens with zero attached hydrogens (tertiary/aromatic N) is 2. The molecule has 2 aromatic rings. The maximum absolute atomic E-state index is 13.7. The Morgan fingerprint density at radius 2 is 1.93 bits per heavy atom. The molecular formula is C19H17FN2O3S2. The third kappa shape index (κ3) is 3.91. The molecule has 5 nitrogen and oxygen atoms in total. The molecule has 1 amide bonds. The van der Waals surface area contributed by atoms with E-state index in [9.17, 15) is 17.6 Å². The number of benzene rings is 2. The van der Waals surface area contributed by atoms with Crippen molar-refractivity contribution in [2.24, 2.45) is 4.99 Å². The summed E-state index contributed by atoms with van der Waals surface area (Å²) in [5.41, 5.74) is 1.37. The van der Waals surface area contributed by atoms with Crippen molar-refractivity contribution in [2.45, 2.75) is 17.7 Å². The summed E-state index contributed by atoms with van der Waals surface area (Å²) in [5.74, 6) is -0.711. The molecule has 0 N–H and O–H groups in total. The Morgan fingerprint density at radius 1 is 1.15 bits per heavy atom. The highest BCUT2D eigenvalue weighted by atomic mass is 32.2. The van der Waals surface area contributed by atoms with Gasteiger partial charge in [0.1, 0.15) is 5.82 Å². The molecule has 2 aliphatic rings. The Kier molecular flexibility index (Phi) is 4.77. The lowest BCUT2D eigenvalue weighted by Crippen LogP contribution is -2.37. The zero-order chi connectivity index (χ0) is 19.0.